The molecule has 0 saturated heterocycles. The van der Waals surface area contributed by atoms with E-state index in [-0.39, 0.29) is 18.2 Å². The number of benzene rings is 2. The number of carbonyl (C=O) groups excluding carboxylic acids is 2. The average molecular weight is 323 g/mol. The zero-order valence-corrected chi connectivity index (χ0v) is 13.2. The van der Waals surface area contributed by atoms with Gasteiger partial charge < -0.3 is 15.4 Å². The van der Waals surface area contributed by atoms with Crippen LogP contribution in [-0.4, -0.2) is 18.9 Å². The Bertz CT molecular complexity index is 747. The molecule has 122 valence electrons. The van der Waals surface area contributed by atoms with E-state index in [1.54, 1.807) is 61.7 Å². The summed E-state index contributed by atoms with van der Waals surface area (Å²) in [4.78, 5) is 23.4. The van der Waals surface area contributed by atoms with E-state index in [0.717, 1.165) is 5.56 Å². The van der Waals surface area contributed by atoms with E-state index in [2.05, 4.69) is 10.6 Å². The van der Waals surface area contributed by atoms with Gasteiger partial charge in [0.05, 0.1) is 13.2 Å². The second-order valence-electron chi connectivity index (χ2n) is 4.99. The second-order valence-corrected chi connectivity index (χ2v) is 4.99. The van der Waals surface area contributed by atoms with Gasteiger partial charge in [-0.1, -0.05) is 12.1 Å². The fraction of sp³-hybridized carbons (Fsp3) is 0.167. The van der Waals surface area contributed by atoms with E-state index in [4.69, 9.17) is 10.00 Å². The molecule has 0 bridgehead atoms. The Balaban J connectivity index is 1.92. The minimum Gasteiger partial charge on any atom is -0.497 e. The highest BCUT2D eigenvalue weighted by Gasteiger charge is 2.06. The third kappa shape index (κ3) is 4.85. The topological polar surface area (TPSA) is 91.2 Å². The van der Waals surface area contributed by atoms with Gasteiger partial charge in [-0.3, -0.25) is 9.59 Å². The van der Waals surface area contributed by atoms with Crippen molar-refractivity contribution in [3.8, 4) is 11.8 Å². The molecule has 2 aromatic rings. The van der Waals surface area contributed by atoms with Gasteiger partial charge in [0.1, 0.15) is 12.2 Å². The van der Waals surface area contributed by atoms with Gasteiger partial charge in [-0.15, -0.1) is 0 Å². The Labute approximate surface area is 140 Å². The highest BCUT2D eigenvalue weighted by atomic mass is 16.5. The van der Waals surface area contributed by atoms with Gasteiger partial charge in [-0.25, -0.2) is 0 Å². The Hall–Kier alpha value is -3.33. The van der Waals surface area contributed by atoms with Gasteiger partial charge in [0, 0.05) is 17.8 Å². The van der Waals surface area contributed by atoms with Crippen molar-refractivity contribution < 1.29 is 14.3 Å². The Kier molecular flexibility index (Phi) is 5.92. The van der Waals surface area contributed by atoms with Gasteiger partial charge in [0.15, 0.2) is 0 Å². The first-order valence-corrected chi connectivity index (χ1v) is 7.30. The maximum Gasteiger partial charge on any atom is 0.255 e. The normalized spacial score (nSPS) is 9.67. The van der Waals surface area contributed by atoms with Crippen molar-refractivity contribution in [2.24, 2.45) is 0 Å². The average Bonchev–Trinajstić information content (AvgIpc) is 2.61. The van der Waals surface area contributed by atoms with E-state index < -0.39 is 0 Å². The molecule has 0 aliphatic rings. The third-order valence-corrected chi connectivity index (χ3v) is 3.29. The number of nitrogens with one attached hydrogen (secondary N) is 2. The predicted molar refractivity (Wildman–Crippen MR) is 89.5 cm³/mol. The van der Waals surface area contributed by atoms with Gasteiger partial charge in [0.2, 0.25) is 5.91 Å². The van der Waals surface area contributed by atoms with E-state index in [1.165, 1.54) is 0 Å². The van der Waals surface area contributed by atoms with Crippen LogP contribution in [0.5, 0.6) is 5.75 Å². The lowest BCUT2D eigenvalue weighted by atomic mass is 10.1. The number of anilines is 1. The number of carbonyl (C=O) groups is 2. The van der Waals surface area contributed by atoms with Gasteiger partial charge in [0.25, 0.3) is 5.91 Å². The van der Waals surface area contributed by atoms with Crippen molar-refractivity contribution in [1.82, 2.24) is 5.32 Å². The largest absolute Gasteiger partial charge is 0.497 e. The van der Waals surface area contributed by atoms with Crippen molar-refractivity contribution in [2.75, 3.05) is 12.4 Å². The predicted octanol–water partition coefficient (Wildman–Crippen LogP) is 2.48. The summed E-state index contributed by atoms with van der Waals surface area (Å²) in [5.74, 6) is 0.163. The van der Waals surface area contributed by atoms with Gasteiger partial charge >= 0.3 is 0 Å². The van der Waals surface area contributed by atoms with Crippen molar-refractivity contribution >= 4 is 17.5 Å². The Morgan fingerprint density at radius 1 is 1.08 bits per heavy atom. The van der Waals surface area contributed by atoms with Crippen LogP contribution in [0.3, 0.4) is 0 Å². The minimum absolute atomic E-state index is 0.157. The summed E-state index contributed by atoms with van der Waals surface area (Å²) in [5.41, 5.74) is 2.07. The Morgan fingerprint density at radius 3 is 2.33 bits per heavy atom. The van der Waals surface area contributed by atoms with Crippen molar-refractivity contribution in [1.29, 1.82) is 5.26 Å². The first-order valence-electron chi connectivity index (χ1n) is 7.30. The smallest absolute Gasteiger partial charge is 0.255 e. The number of hydrogen-bond donors (Lipinski definition) is 2. The molecule has 0 heterocycles. The summed E-state index contributed by atoms with van der Waals surface area (Å²) in [6.45, 7) is 0.340. The van der Waals surface area contributed by atoms with E-state index in [0.29, 0.717) is 23.5 Å². The van der Waals surface area contributed by atoms with Crippen LogP contribution in [0.15, 0.2) is 48.5 Å². The van der Waals surface area contributed by atoms with Crippen LogP contribution in [0.1, 0.15) is 22.3 Å². The summed E-state index contributed by atoms with van der Waals surface area (Å²) >= 11 is 0. The molecule has 6 heteroatoms. The summed E-state index contributed by atoms with van der Waals surface area (Å²) in [6, 6.07) is 15.7. The molecular weight excluding hydrogens is 306 g/mol. The molecular formula is C18H17N3O3. The monoisotopic (exact) mass is 323 g/mol. The number of nitrogens with zero attached hydrogens (tertiary/aromatic N) is 1. The standard InChI is InChI=1S/C18H17N3O3/c1-24-16-8-4-14(5-9-16)18(23)21-15-6-2-13(3-7-15)12-20-17(22)10-11-19/h2-9H,10,12H2,1H3,(H,20,22)(H,21,23). The first-order chi connectivity index (χ1) is 11.6. The quantitative estimate of drug-likeness (QED) is 0.854. The van der Waals surface area contributed by atoms with Crippen LogP contribution in [0.2, 0.25) is 0 Å². The maximum absolute atomic E-state index is 12.1. The molecule has 2 N–H and O–H groups in total. The molecule has 24 heavy (non-hydrogen) atoms. The molecule has 0 aromatic heterocycles. The van der Waals surface area contributed by atoms with Gasteiger partial charge in [-0.05, 0) is 42.0 Å². The number of methoxy groups -OCH3 is 1. The molecule has 0 radical (unpaired) electrons. The van der Waals surface area contributed by atoms with Crippen LogP contribution >= 0.6 is 0 Å². The number of hydrogen-bond acceptors (Lipinski definition) is 4. The number of nitriles is 1. The van der Waals surface area contributed by atoms with Crippen molar-refractivity contribution in [2.45, 2.75) is 13.0 Å². The zero-order chi connectivity index (χ0) is 17.4. The van der Waals surface area contributed by atoms with E-state index >= 15 is 0 Å². The fourth-order valence-electron chi connectivity index (χ4n) is 1.99. The molecule has 0 spiro atoms. The van der Waals surface area contributed by atoms with Crippen LogP contribution in [-0.2, 0) is 11.3 Å². The van der Waals surface area contributed by atoms with Gasteiger partial charge in [-0.2, -0.15) is 5.26 Å². The summed E-state index contributed by atoms with van der Waals surface area (Å²) in [6.07, 6.45) is -0.157. The molecule has 0 atom stereocenters. The molecule has 0 unspecified atom stereocenters. The summed E-state index contributed by atoms with van der Waals surface area (Å²) in [5, 5.41) is 13.9. The van der Waals surface area contributed by atoms with Crippen LogP contribution in [0, 0.1) is 11.3 Å². The molecule has 0 saturated carbocycles. The zero-order valence-electron chi connectivity index (χ0n) is 13.2. The highest BCUT2D eigenvalue weighted by molar-refractivity contribution is 6.04. The van der Waals surface area contributed by atoms with Crippen LogP contribution < -0.4 is 15.4 Å². The molecule has 0 aliphatic carbocycles. The number of rotatable bonds is 6. The molecule has 2 amide bonds. The van der Waals surface area contributed by atoms with E-state index in [9.17, 15) is 9.59 Å². The SMILES string of the molecule is COc1ccc(C(=O)Nc2ccc(CNC(=O)CC#N)cc2)cc1. The lowest BCUT2D eigenvalue weighted by Gasteiger charge is -2.08. The molecule has 0 fully saturated rings. The van der Waals surface area contributed by atoms with Crippen LogP contribution in [0.25, 0.3) is 0 Å². The molecule has 2 aromatic carbocycles. The van der Waals surface area contributed by atoms with Crippen molar-refractivity contribution in [3.63, 3.8) is 0 Å². The minimum atomic E-state index is -0.311. The third-order valence-electron chi connectivity index (χ3n) is 3.29. The van der Waals surface area contributed by atoms with E-state index in [1.807, 2.05) is 0 Å². The van der Waals surface area contributed by atoms with Crippen LogP contribution in [0.4, 0.5) is 5.69 Å². The fourth-order valence-corrected chi connectivity index (χ4v) is 1.99. The molecule has 2 rings (SSSR count). The lowest BCUT2D eigenvalue weighted by Crippen LogP contribution is -2.21. The first kappa shape index (κ1) is 17.0. The maximum atomic E-state index is 12.1. The second kappa shape index (κ2) is 8.34. The number of amides is 2. The molecule has 6 nitrogen and oxygen atoms in total. The highest BCUT2D eigenvalue weighted by Crippen LogP contribution is 2.14. The summed E-state index contributed by atoms with van der Waals surface area (Å²) in [7, 11) is 1.57. The van der Waals surface area contributed by atoms with Crippen molar-refractivity contribution in [3.05, 3.63) is 59.7 Å². The summed E-state index contributed by atoms with van der Waals surface area (Å²) < 4.78 is 5.06. The number of ether oxygens (including phenoxy) is 1. The molecule has 0 aliphatic heterocycles. The Morgan fingerprint density at radius 2 is 1.75 bits per heavy atom. The lowest BCUT2D eigenvalue weighted by molar-refractivity contribution is -0.120.